The molecule has 1 aromatic carbocycles. The molecular formula is C16H19N3O2. The zero-order chi connectivity index (χ0) is 15.2. The van der Waals surface area contributed by atoms with Crippen molar-refractivity contribution < 1.29 is 9.53 Å². The second kappa shape index (κ2) is 6.74. The summed E-state index contributed by atoms with van der Waals surface area (Å²) in [5.41, 5.74) is 7.58. The Morgan fingerprint density at radius 3 is 2.62 bits per heavy atom. The second-order valence-corrected chi connectivity index (χ2v) is 4.98. The number of rotatable bonds is 5. The second-order valence-electron chi connectivity index (χ2n) is 4.98. The van der Waals surface area contributed by atoms with Crippen molar-refractivity contribution in [3.05, 3.63) is 53.9 Å². The lowest BCUT2D eigenvalue weighted by atomic mass is 10.2. The van der Waals surface area contributed by atoms with Crippen LogP contribution in [-0.4, -0.2) is 23.5 Å². The van der Waals surface area contributed by atoms with E-state index in [1.807, 2.05) is 38.1 Å². The van der Waals surface area contributed by atoms with Gasteiger partial charge >= 0.3 is 0 Å². The fourth-order valence-electron chi connectivity index (χ4n) is 1.73. The fourth-order valence-corrected chi connectivity index (χ4v) is 1.73. The molecule has 1 atom stereocenters. The number of aryl methyl sites for hydroxylation is 1. The average molecular weight is 285 g/mol. The van der Waals surface area contributed by atoms with E-state index in [0.29, 0.717) is 18.0 Å². The normalized spacial score (nSPS) is 11.7. The summed E-state index contributed by atoms with van der Waals surface area (Å²) in [5, 5.41) is 2.83. The van der Waals surface area contributed by atoms with Gasteiger partial charge in [0.05, 0.1) is 17.9 Å². The molecule has 0 saturated carbocycles. The van der Waals surface area contributed by atoms with Crippen LogP contribution in [0, 0.1) is 6.92 Å². The summed E-state index contributed by atoms with van der Waals surface area (Å²) >= 11 is 0. The molecule has 0 bridgehead atoms. The number of nitrogens with two attached hydrogens (primary N) is 1. The minimum atomic E-state index is -0.241. The van der Waals surface area contributed by atoms with Crippen LogP contribution in [-0.2, 0) is 0 Å². The zero-order valence-corrected chi connectivity index (χ0v) is 12.2. The number of carbonyl (C=O) groups is 1. The number of benzene rings is 1. The molecule has 1 amide bonds. The van der Waals surface area contributed by atoms with E-state index in [1.165, 1.54) is 11.8 Å². The molecular weight excluding hydrogens is 266 g/mol. The number of ether oxygens (including phenoxy) is 1. The molecule has 2 rings (SSSR count). The monoisotopic (exact) mass is 285 g/mol. The van der Waals surface area contributed by atoms with E-state index in [0.717, 1.165) is 5.75 Å². The average Bonchev–Trinajstić information content (AvgIpc) is 2.47. The molecule has 0 radical (unpaired) electrons. The van der Waals surface area contributed by atoms with Crippen molar-refractivity contribution in [2.24, 2.45) is 0 Å². The highest BCUT2D eigenvalue weighted by Crippen LogP contribution is 2.11. The highest BCUT2D eigenvalue weighted by atomic mass is 16.5. The summed E-state index contributed by atoms with van der Waals surface area (Å²) in [6.45, 7) is 4.29. The Kier molecular flexibility index (Phi) is 4.77. The largest absolute Gasteiger partial charge is 0.491 e. The quantitative estimate of drug-likeness (QED) is 0.882. The summed E-state index contributed by atoms with van der Waals surface area (Å²) < 4.78 is 5.62. The Hall–Kier alpha value is -2.56. The molecule has 1 unspecified atom stereocenters. The van der Waals surface area contributed by atoms with Crippen molar-refractivity contribution in [1.82, 2.24) is 10.3 Å². The number of nitrogens with one attached hydrogen (secondary N) is 1. The molecule has 5 nitrogen and oxygen atoms in total. The maximum Gasteiger partial charge on any atom is 0.270 e. The van der Waals surface area contributed by atoms with Crippen LogP contribution in [0.25, 0.3) is 0 Å². The lowest BCUT2D eigenvalue weighted by Gasteiger charge is -2.15. The van der Waals surface area contributed by atoms with E-state index >= 15 is 0 Å². The maximum absolute atomic E-state index is 12.0. The van der Waals surface area contributed by atoms with Crippen molar-refractivity contribution in [3.63, 3.8) is 0 Å². The van der Waals surface area contributed by atoms with Gasteiger partial charge in [-0.05, 0) is 38.1 Å². The lowest BCUT2D eigenvalue weighted by Crippen LogP contribution is -2.37. The molecule has 0 aliphatic carbocycles. The molecule has 0 saturated heterocycles. The third-order valence-electron chi connectivity index (χ3n) is 2.92. The molecule has 5 heteroatoms. The summed E-state index contributed by atoms with van der Waals surface area (Å²) in [5.74, 6) is 0.544. The minimum Gasteiger partial charge on any atom is -0.491 e. The minimum absolute atomic E-state index is 0.127. The molecule has 0 fully saturated rings. The zero-order valence-electron chi connectivity index (χ0n) is 12.2. The molecule has 0 aliphatic rings. The molecule has 21 heavy (non-hydrogen) atoms. The standard InChI is InChI=1S/C16H19N3O2/c1-11-3-6-14(7-4-11)21-10-12(2)19-16(20)15-8-5-13(17)9-18-15/h3-9,12H,10,17H2,1-2H3,(H,19,20). The van der Waals surface area contributed by atoms with E-state index in [2.05, 4.69) is 10.3 Å². The van der Waals surface area contributed by atoms with Crippen LogP contribution in [0.2, 0.25) is 0 Å². The van der Waals surface area contributed by atoms with Gasteiger partial charge in [0, 0.05) is 0 Å². The van der Waals surface area contributed by atoms with Gasteiger partial charge in [0.15, 0.2) is 0 Å². The van der Waals surface area contributed by atoms with Gasteiger partial charge in [-0.2, -0.15) is 0 Å². The molecule has 1 aromatic heterocycles. The number of hydrogen-bond acceptors (Lipinski definition) is 4. The Balaban J connectivity index is 1.83. The van der Waals surface area contributed by atoms with Crippen molar-refractivity contribution in [2.45, 2.75) is 19.9 Å². The SMILES string of the molecule is Cc1ccc(OCC(C)NC(=O)c2ccc(N)cn2)cc1. The molecule has 0 aliphatic heterocycles. The number of amides is 1. The van der Waals surface area contributed by atoms with Gasteiger partial charge in [-0.15, -0.1) is 0 Å². The molecule has 1 heterocycles. The maximum atomic E-state index is 12.0. The van der Waals surface area contributed by atoms with E-state index in [1.54, 1.807) is 12.1 Å². The van der Waals surface area contributed by atoms with Gasteiger partial charge in [-0.3, -0.25) is 4.79 Å². The number of hydrogen-bond donors (Lipinski definition) is 2. The van der Waals surface area contributed by atoms with E-state index in [4.69, 9.17) is 10.5 Å². The van der Waals surface area contributed by atoms with Crippen LogP contribution in [0.1, 0.15) is 23.0 Å². The summed E-state index contributed by atoms with van der Waals surface area (Å²) in [7, 11) is 0. The van der Waals surface area contributed by atoms with Crippen molar-refractivity contribution in [3.8, 4) is 5.75 Å². The number of pyridine rings is 1. The number of nitrogen functional groups attached to an aromatic ring is 1. The van der Waals surface area contributed by atoms with Gasteiger partial charge in [0.2, 0.25) is 0 Å². The van der Waals surface area contributed by atoms with Gasteiger partial charge < -0.3 is 15.8 Å². The Bertz CT molecular complexity index is 594. The molecule has 110 valence electrons. The number of anilines is 1. The first-order chi connectivity index (χ1) is 10.0. The van der Waals surface area contributed by atoms with Gasteiger partial charge in [0.1, 0.15) is 18.1 Å². The predicted molar refractivity (Wildman–Crippen MR) is 82.3 cm³/mol. The summed E-state index contributed by atoms with van der Waals surface area (Å²) in [6.07, 6.45) is 1.46. The van der Waals surface area contributed by atoms with Crippen LogP contribution in [0.4, 0.5) is 5.69 Å². The number of nitrogens with zero attached hydrogens (tertiary/aromatic N) is 1. The molecule has 3 N–H and O–H groups in total. The highest BCUT2D eigenvalue weighted by Gasteiger charge is 2.11. The lowest BCUT2D eigenvalue weighted by molar-refractivity contribution is 0.0921. The summed E-state index contributed by atoms with van der Waals surface area (Å²) in [6, 6.07) is 10.9. The first-order valence-electron chi connectivity index (χ1n) is 6.76. The highest BCUT2D eigenvalue weighted by molar-refractivity contribution is 5.92. The first kappa shape index (κ1) is 14.8. The van der Waals surface area contributed by atoms with Crippen molar-refractivity contribution in [1.29, 1.82) is 0 Å². The van der Waals surface area contributed by atoms with E-state index < -0.39 is 0 Å². The van der Waals surface area contributed by atoms with Crippen LogP contribution in [0.15, 0.2) is 42.6 Å². The molecule has 2 aromatic rings. The van der Waals surface area contributed by atoms with Crippen LogP contribution >= 0.6 is 0 Å². The Morgan fingerprint density at radius 2 is 2.00 bits per heavy atom. The van der Waals surface area contributed by atoms with Crippen LogP contribution in [0.3, 0.4) is 0 Å². The van der Waals surface area contributed by atoms with Crippen LogP contribution in [0.5, 0.6) is 5.75 Å². The van der Waals surface area contributed by atoms with Gasteiger partial charge in [0.25, 0.3) is 5.91 Å². The predicted octanol–water partition coefficient (Wildman–Crippen LogP) is 2.17. The third-order valence-corrected chi connectivity index (χ3v) is 2.92. The summed E-state index contributed by atoms with van der Waals surface area (Å²) in [4.78, 5) is 15.9. The van der Waals surface area contributed by atoms with Gasteiger partial charge in [-0.25, -0.2) is 4.98 Å². The topological polar surface area (TPSA) is 77.2 Å². The van der Waals surface area contributed by atoms with E-state index in [-0.39, 0.29) is 11.9 Å². The smallest absolute Gasteiger partial charge is 0.270 e. The molecule has 0 spiro atoms. The fraction of sp³-hybridized carbons (Fsp3) is 0.250. The Labute approximate surface area is 124 Å². The van der Waals surface area contributed by atoms with E-state index in [9.17, 15) is 4.79 Å². The van der Waals surface area contributed by atoms with Gasteiger partial charge in [-0.1, -0.05) is 17.7 Å². The van der Waals surface area contributed by atoms with Crippen molar-refractivity contribution >= 4 is 11.6 Å². The number of carbonyl (C=O) groups excluding carboxylic acids is 1. The first-order valence-corrected chi connectivity index (χ1v) is 6.76. The third kappa shape index (κ3) is 4.49. The van der Waals surface area contributed by atoms with Crippen LogP contribution < -0.4 is 15.8 Å². The number of aromatic nitrogens is 1. The van der Waals surface area contributed by atoms with Crippen molar-refractivity contribution in [2.75, 3.05) is 12.3 Å². The Morgan fingerprint density at radius 1 is 1.29 bits per heavy atom.